The zero-order chi connectivity index (χ0) is 21.5. The van der Waals surface area contributed by atoms with Crippen LogP contribution < -0.4 is 15.5 Å². The lowest BCUT2D eigenvalue weighted by Gasteiger charge is -2.35. The summed E-state index contributed by atoms with van der Waals surface area (Å²) < 4.78 is 0. The van der Waals surface area contributed by atoms with Crippen molar-refractivity contribution in [3.63, 3.8) is 0 Å². The fraction of sp³-hybridized carbons (Fsp3) is 0.636. The van der Waals surface area contributed by atoms with E-state index in [0.29, 0.717) is 37.7 Å². The number of amides is 3. The van der Waals surface area contributed by atoms with Crippen LogP contribution in [0.2, 0.25) is 5.02 Å². The van der Waals surface area contributed by atoms with Gasteiger partial charge in [0, 0.05) is 50.3 Å². The number of carbonyl (C=O) groups is 2. The van der Waals surface area contributed by atoms with Crippen molar-refractivity contribution in [3.05, 3.63) is 23.2 Å². The second-order valence-corrected chi connectivity index (χ2v) is 8.72. The predicted molar refractivity (Wildman–Crippen MR) is 122 cm³/mol. The van der Waals surface area contributed by atoms with Crippen molar-refractivity contribution in [2.75, 3.05) is 56.0 Å². The maximum Gasteiger partial charge on any atom is 0.321 e. The van der Waals surface area contributed by atoms with Crippen LogP contribution >= 0.6 is 11.6 Å². The van der Waals surface area contributed by atoms with Gasteiger partial charge in [-0.2, -0.15) is 0 Å². The van der Waals surface area contributed by atoms with E-state index in [4.69, 9.17) is 11.6 Å². The molecule has 3 amide bonds. The first-order valence-corrected chi connectivity index (χ1v) is 11.5. The Morgan fingerprint density at radius 3 is 2.43 bits per heavy atom. The fourth-order valence-corrected chi connectivity index (χ4v) is 4.12. The normalized spacial score (nSPS) is 18.8. The molecule has 0 bridgehead atoms. The maximum atomic E-state index is 12.9. The van der Waals surface area contributed by atoms with E-state index in [9.17, 15) is 9.59 Å². The van der Waals surface area contributed by atoms with Crippen molar-refractivity contribution >= 4 is 34.9 Å². The second kappa shape index (κ2) is 10.9. The number of urea groups is 1. The van der Waals surface area contributed by atoms with Crippen LogP contribution in [0.5, 0.6) is 0 Å². The minimum atomic E-state index is -0.112. The van der Waals surface area contributed by atoms with Gasteiger partial charge in [0.1, 0.15) is 0 Å². The molecule has 2 fully saturated rings. The molecule has 0 radical (unpaired) electrons. The highest BCUT2D eigenvalue weighted by atomic mass is 35.5. The molecule has 30 heavy (non-hydrogen) atoms. The maximum absolute atomic E-state index is 12.9. The molecule has 0 spiro atoms. The lowest BCUT2D eigenvalue weighted by molar-refractivity contribution is -0.123. The summed E-state index contributed by atoms with van der Waals surface area (Å²) in [5.41, 5.74) is 1.80. The average Bonchev–Trinajstić information content (AvgIpc) is 2.74. The van der Waals surface area contributed by atoms with Crippen molar-refractivity contribution < 1.29 is 9.59 Å². The molecule has 7 nitrogen and oxygen atoms in total. The molecule has 2 saturated heterocycles. The minimum Gasteiger partial charge on any atom is -0.370 e. The molecule has 0 aliphatic carbocycles. The van der Waals surface area contributed by atoms with Crippen molar-refractivity contribution in [1.29, 1.82) is 0 Å². The standard InChI is InChI=1S/C22H34ClN5O2/c1-3-17(2)24-21(29)16-26-11-13-28(14-12-26)22(30)25-19-15-18(23)7-8-20(19)27-9-5-4-6-10-27/h7-8,15,17H,3-6,9-14,16H2,1-2H3,(H,24,29)(H,25,30). The Kier molecular flexibility index (Phi) is 8.22. The third-order valence-corrected chi connectivity index (χ3v) is 6.18. The Balaban J connectivity index is 1.54. The van der Waals surface area contributed by atoms with E-state index >= 15 is 0 Å². The van der Waals surface area contributed by atoms with Crippen molar-refractivity contribution in [1.82, 2.24) is 15.1 Å². The first-order valence-electron chi connectivity index (χ1n) is 11.1. The number of nitrogens with zero attached hydrogens (tertiary/aromatic N) is 3. The van der Waals surface area contributed by atoms with Gasteiger partial charge in [0.15, 0.2) is 0 Å². The van der Waals surface area contributed by atoms with Gasteiger partial charge in [0.2, 0.25) is 5.91 Å². The zero-order valence-electron chi connectivity index (χ0n) is 18.1. The van der Waals surface area contributed by atoms with E-state index in [2.05, 4.69) is 27.4 Å². The summed E-state index contributed by atoms with van der Waals surface area (Å²) in [5.74, 6) is 0.0485. The number of nitrogens with one attached hydrogen (secondary N) is 2. The van der Waals surface area contributed by atoms with Gasteiger partial charge in [-0.05, 0) is 50.8 Å². The van der Waals surface area contributed by atoms with Gasteiger partial charge in [-0.1, -0.05) is 18.5 Å². The predicted octanol–water partition coefficient (Wildman–Crippen LogP) is 3.39. The molecule has 3 rings (SSSR count). The van der Waals surface area contributed by atoms with Crippen LogP contribution in [0, 0.1) is 0 Å². The molecule has 0 saturated carbocycles. The molecule has 2 aliphatic rings. The summed E-state index contributed by atoms with van der Waals surface area (Å²) in [5, 5.41) is 6.68. The Morgan fingerprint density at radius 1 is 1.07 bits per heavy atom. The number of carbonyl (C=O) groups excluding carboxylic acids is 2. The highest BCUT2D eigenvalue weighted by Gasteiger charge is 2.24. The van der Waals surface area contributed by atoms with Crippen LogP contribution in [0.15, 0.2) is 18.2 Å². The summed E-state index contributed by atoms with van der Waals surface area (Å²) in [6.45, 7) is 9.03. The Morgan fingerprint density at radius 2 is 1.77 bits per heavy atom. The summed E-state index contributed by atoms with van der Waals surface area (Å²) in [6.07, 6.45) is 4.51. The molecule has 2 aliphatic heterocycles. The number of benzene rings is 1. The van der Waals surface area contributed by atoms with Gasteiger partial charge in [0.25, 0.3) is 0 Å². The second-order valence-electron chi connectivity index (χ2n) is 8.28. The van der Waals surface area contributed by atoms with E-state index in [0.717, 1.165) is 30.9 Å². The summed E-state index contributed by atoms with van der Waals surface area (Å²) in [7, 11) is 0. The average molecular weight is 436 g/mol. The SMILES string of the molecule is CCC(C)NC(=O)CN1CCN(C(=O)Nc2cc(Cl)ccc2N2CCCCC2)CC1. The molecule has 2 N–H and O–H groups in total. The van der Waals surface area contributed by atoms with E-state index in [1.807, 2.05) is 30.0 Å². The highest BCUT2D eigenvalue weighted by Crippen LogP contribution is 2.31. The molecule has 1 unspecified atom stereocenters. The summed E-state index contributed by atoms with van der Waals surface area (Å²) in [4.78, 5) is 31.2. The third-order valence-electron chi connectivity index (χ3n) is 5.94. The third kappa shape index (κ3) is 6.25. The zero-order valence-corrected chi connectivity index (χ0v) is 18.9. The van der Waals surface area contributed by atoms with Gasteiger partial charge in [0.05, 0.1) is 17.9 Å². The number of rotatable bonds is 6. The number of hydrogen-bond donors (Lipinski definition) is 2. The quantitative estimate of drug-likeness (QED) is 0.718. The minimum absolute atomic E-state index is 0.0485. The monoisotopic (exact) mass is 435 g/mol. The Labute approximate surface area is 184 Å². The first-order chi connectivity index (χ1) is 14.5. The van der Waals surface area contributed by atoms with Gasteiger partial charge in [-0.25, -0.2) is 4.79 Å². The molecule has 1 atom stereocenters. The fourth-order valence-electron chi connectivity index (χ4n) is 3.95. The summed E-state index contributed by atoms with van der Waals surface area (Å²) >= 11 is 6.21. The molecule has 1 aromatic rings. The van der Waals surface area contributed by atoms with Crippen LogP contribution in [0.3, 0.4) is 0 Å². The van der Waals surface area contributed by atoms with Crippen molar-refractivity contribution in [2.45, 2.75) is 45.6 Å². The van der Waals surface area contributed by atoms with Crippen LogP contribution in [0.1, 0.15) is 39.5 Å². The number of hydrogen-bond acceptors (Lipinski definition) is 4. The number of piperazine rings is 1. The van der Waals surface area contributed by atoms with Gasteiger partial charge in [-0.3, -0.25) is 9.69 Å². The molecule has 166 valence electrons. The molecular weight excluding hydrogens is 402 g/mol. The highest BCUT2D eigenvalue weighted by molar-refractivity contribution is 6.31. The number of piperidine rings is 1. The molecule has 0 aromatic heterocycles. The lowest BCUT2D eigenvalue weighted by Crippen LogP contribution is -2.52. The van der Waals surface area contributed by atoms with E-state index in [1.165, 1.54) is 19.3 Å². The molecule has 1 aromatic carbocycles. The molecule has 8 heteroatoms. The molecule has 2 heterocycles. The summed E-state index contributed by atoms with van der Waals surface area (Å²) in [6, 6.07) is 5.79. The van der Waals surface area contributed by atoms with Gasteiger partial charge < -0.3 is 20.4 Å². The number of anilines is 2. The van der Waals surface area contributed by atoms with Crippen LogP contribution in [0.4, 0.5) is 16.2 Å². The van der Waals surface area contributed by atoms with E-state index in [1.54, 1.807) is 0 Å². The van der Waals surface area contributed by atoms with Crippen LogP contribution in [-0.4, -0.2) is 73.6 Å². The molecular formula is C22H34ClN5O2. The van der Waals surface area contributed by atoms with Crippen molar-refractivity contribution in [3.8, 4) is 0 Å². The van der Waals surface area contributed by atoms with Gasteiger partial charge in [-0.15, -0.1) is 0 Å². The lowest BCUT2D eigenvalue weighted by atomic mass is 10.1. The Hall–Kier alpha value is -1.99. The largest absolute Gasteiger partial charge is 0.370 e. The van der Waals surface area contributed by atoms with E-state index < -0.39 is 0 Å². The Bertz CT molecular complexity index is 730. The first kappa shape index (κ1) is 22.7. The van der Waals surface area contributed by atoms with Crippen molar-refractivity contribution in [2.24, 2.45) is 0 Å². The smallest absolute Gasteiger partial charge is 0.321 e. The topological polar surface area (TPSA) is 67.9 Å². The van der Waals surface area contributed by atoms with Crippen LogP contribution in [0.25, 0.3) is 0 Å². The van der Waals surface area contributed by atoms with Gasteiger partial charge >= 0.3 is 6.03 Å². The van der Waals surface area contributed by atoms with Crippen LogP contribution in [-0.2, 0) is 4.79 Å². The van der Waals surface area contributed by atoms with E-state index in [-0.39, 0.29) is 18.0 Å². The number of halogens is 1.